The van der Waals surface area contributed by atoms with E-state index in [2.05, 4.69) is 15.8 Å². The van der Waals surface area contributed by atoms with Crippen LogP contribution in [-0.4, -0.2) is 45.1 Å². The van der Waals surface area contributed by atoms with Crippen LogP contribution in [0.3, 0.4) is 0 Å². The van der Waals surface area contributed by atoms with Crippen molar-refractivity contribution in [3.63, 3.8) is 0 Å². The Bertz CT molecular complexity index is 1400. The van der Waals surface area contributed by atoms with E-state index in [0.29, 0.717) is 5.56 Å². The molecule has 35 heavy (non-hydrogen) atoms. The number of furan rings is 1. The molecular formula is C23H21FN4O6S. The van der Waals surface area contributed by atoms with Crippen molar-refractivity contribution in [3.05, 3.63) is 89.1 Å². The average Bonchev–Trinajstić information content (AvgIpc) is 3.28. The molecule has 3 aromatic rings. The van der Waals surface area contributed by atoms with E-state index < -0.39 is 32.8 Å². The molecule has 1 aromatic heterocycles. The Kier molecular flexibility index (Phi) is 7.79. The predicted octanol–water partition coefficient (Wildman–Crippen LogP) is 2.65. The summed E-state index contributed by atoms with van der Waals surface area (Å²) in [5.74, 6) is -2.21. The zero-order valence-corrected chi connectivity index (χ0v) is 19.4. The molecule has 0 aliphatic heterocycles. The Morgan fingerprint density at radius 3 is 2.40 bits per heavy atom. The summed E-state index contributed by atoms with van der Waals surface area (Å²) in [4.78, 5) is 27.2. The van der Waals surface area contributed by atoms with Gasteiger partial charge in [-0.15, -0.1) is 0 Å². The number of nitrogens with one attached hydrogen (secondary N) is 2. The number of carbonyl (C=O) groups is 2. The van der Waals surface area contributed by atoms with Crippen LogP contribution in [0.25, 0.3) is 6.08 Å². The molecule has 0 aliphatic rings. The first kappa shape index (κ1) is 25.3. The monoisotopic (exact) mass is 500 g/mol. The van der Waals surface area contributed by atoms with E-state index in [0.717, 1.165) is 24.0 Å². The van der Waals surface area contributed by atoms with Gasteiger partial charge in [-0.25, -0.2) is 9.82 Å². The highest BCUT2D eigenvalue weighted by atomic mass is 32.2. The summed E-state index contributed by atoms with van der Waals surface area (Å²) in [6, 6.07) is 14.3. The molecule has 1 heterocycles. The number of rotatable bonds is 8. The minimum atomic E-state index is -4.52. The van der Waals surface area contributed by atoms with Gasteiger partial charge in [-0.05, 0) is 54.1 Å². The second kappa shape index (κ2) is 10.8. The maximum Gasteiger partial charge on any atom is 0.328 e. The highest BCUT2D eigenvalue weighted by Crippen LogP contribution is 2.15. The number of anilines is 1. The lowest BCUT2D eigenvalue weighted by Gasteiger charge is -2.12. The van der Waals surface area contributed by atoms with Crippen molar-refractivity contribution in [1.29, 1.82) is 0 Å². The molecule has 12 heteroatoms. The van der Waals surface area contributed by atoms with E-state index >= 15 is 0 Å². The van der Waals surface area contributed by atoms with Gasteiger partial charge >= 0.3 is 10.1 Å². The fourth-order valence-corrected chi connectivity index (χ4v) is 3.22. The fourth-order valence-electron chi connectivity index (χ4n) is 2.78. The molecule has 0 aliphatic carbocycles. The molecule has 0 saturated carbocycles. The second-order valence-electron chi connectivity index (χ2n) is 7.34. The fraction of sp³-hybridized carbons (Fsp3) is 0.0870. The van der Waals surface area contributed by atoms with Crippen LogP contribution in [0.5, 0.6) is 0 Å². The summed E-state index contributed by atoms with van der Waals surface area (Å²) < 4.78 is 49.5. The Balaban J connectivity index is 1.82. The Hall–Kier alpha value is -4.29. The van der Waals surface area contributed by atoms with Crippen molar-refractivity contribution in [2.75, 3.05) is 19.0 Å². The molecule has 0 radical (unpaired) electrons. The molecular weight excluding hydrogens is 479 g/mol. The molecule has 3 rings (SSSR count). The van der Waals surface area contributed by atoms with Crippen LogP contribution >= 0.6 is 0 Å². The minimum absolute atomic E-state index is 0.00323. The molecule has 0 fully saturated rings. The summed E-state index contributed by atoms with van der Waals surface area (Å²) >= 11 is 0. The topological polar surface area (TPSA) is 141 Å². The van der Waals surface area contributed by atoms with Gasteiger partial charge in [0.2, 0.25) is 5.09 Å². The maximum atomic E-state index is 13.5. The van der Waals surface area contributed by atoms with Crippen LogP contribution in [0.1, 0.15) is 21.7 Å². The molecule has 2 amide bonds. The van der Waals surface area contributed by atoms with E-state index in [1.54, 1.807) is 12.1 Å². The van der Waals surface area contributed by atoms with Gasteiger partial charge in [0.25, 0.3) is 11.8 Å². The number of hydrogen-bond acceptors (Lipinski definition) is 7. The van der Waals surface area contributed by atoms with Crippen LogP contribution in [0, 0.1) is 5.82 Å². The standard InChI is InChI=1S/C23H21FN4O6S/c1-28(2)18-8-6-15(7-9-18)12-20(26-22(29)16-4-3-5-17(24)13-16)23(30)27-25-14-19-10-11-21(34-19)35(31,32)33/h3-14H,1-2H3,(H,26,29)(H,27,30)(H,31,32,33)/b20-12+,25-14+. The normalized spacial score (nSPS) is 11.9. The lowest BCUT2D eigenvalue weighted by atomic mass is 10.1. The van der Waals surface area contributed by atoms with E-state index in [-0.39, 0.29) is 17.0 Å². The number of amides is 2. The van der Waals surface area contributed by atoms with Gasteiger partial charge in [0, 0.05) is 25.3 Å². The molecule has 0 saturated heterocycles. The molecule has 0 bridgehead atoms. The predicted molar refractivity (Wildman–Crippen MR) is 127 cm³/mol. The summed E-state index contributed by atoms with van der Waals surface area (Å²) in [6.45, 7) is 0. The van der Waals surface area contributed by atoms with Crippen LogP contribution in [0.2, 0.25) is 0 Å². The third-order valence-electron chi connectivity index (χ3n) is 4.51. The van der Waals surface area contributed by atoms with E-state index in [1.165, 1.54) is 30.3 Å². The molecule has 10 nitrogen and oxygen atoms in total. The average molecular weight is 501 g/mol. The molecule has 0 unspecified atom stereocenters. The van der Waals surface area contributed by atoms with Crippen molar-refractivity contribution in [2.24, 2.45) is 5.10 Å². The van der Waals surface area contributed by atoms with Crippen LogP contribution in [0.15, 0.2) is 81.0 Å². The van der Waals surface area contributed by atoms with E-state index in [9.17, 15) is 22.4 Å². The van der Waals surface area contributed by atoms with Crippen molar-refractivity contribution in [1.82, 2.24) is 10.7 Å². The van der Waals surface area contributed by atoms with Crippen molar-refractivity contribution in [3.8, 4) is 0 Å². The summed E-state index contributed by atoms with van der Waals surface area (Å²) in [5, 5.41) is 5.43. The molecule has 0 spiro atoms. The number of nitrogens with zero attached hydrogens (tertiary/aromatic N) is 2. The van der Waals surface area contributed by atoms with Gasteiger partial charge < -0.3 is 14.6 Å². The Morgan fingerprint density at radius 2 is 1.80 bits per heavy atom. The zero-order chi connectivity index (χ0) is 25.6. The van der Waals surface area contributed by atoms with Crippen molar-refractivity contribution in [2.45, 2.75) is 5.09 Å². The first-order valence-electron chi connectivity index (χ1n) is 9.99. The molecule has 0 atom stereocenters. The maximum absolute atomic E-state index is 13.5. The Morgan fingerprint density at radius 1 is 1.09 bits per heavy atom. The van der Waals surface area contributed by atoms with Crippen molar-refractivity contribution >= 4 is 39.9 Å². The van der Waals surface area contributed by atoms with E-state index in [1.807, 2.05) is 31.1 Å². The third-order valence-corrected chi connectivity index (χ3v) is 5.24. The number of hydrazone groups is 1. The van der Waals surface area contributed by atoms with Gasteiger partial charge in [0.15, 0.2) is 0 Å². The Labute approximate surface area is 200 Å². The lowest BCUT2D eigenvalue weighted by Crippen LogP contribution is -2.32. The van der Waals surface area contributed by atoms with Crippen LogP contribution < -0.4 is 15.6 Å². The quantitative estimate of drug-likeness (QED) is 0.187. The van der Waals surface area contributed by atoms with Gasteiger partial charge in [0.05, 0.1) is 6.21 Å². The molecule has 2 aromatic carbocycles. The van der Waals surface area contributed by atoms with Crippen LogP contribution in [0.4, 0.5) is 10.1 Å². The largest absolute Gasteiger partial charge is 0.441 e. The van der Waals surface area contributed by atoms with Gasteiger partial charge in [0.1, 0.15) is 17.3 Å². The summed E-state index contributed by atoms with van der Waals surface area (Å²) in [5.41, 5.74) is 3.52. The number of hydrogen-bond donors (Lipinski definition) is 3. The zero-order valence-electron chi connectivity index (χ0n) is 18.6. The first-order valence-corrected chi connectivity index (χ1v) is 11.4. The number of halogens is 1. The van der Waals surface area contributed by atoms with Crippen LogP contribution in [-0.2, 0) is 14.9 Å². The van der Waals surface area contributed by atoms with Gasteiger partial charge in [-0.2, -0.15) is 13.5 Å². The van der Waals surface area contributed by atoms with Crippen molar-refractivity contribution < 1.29 is 31.4 Å². The van der Waals surface area contributed by atoms with E-state index in [4.69, 9.17) is 8.97 Å². The van der Waals surface area contributed by atoms with Gasteiger partial charge in [-0.1, -0.05) is 18.2 Å². The highest BCUT2D eigenvalue weighted by Gasteiger charge is 2.16. The minimum Gasteiger partial charge on any atom is -0.441 e. The second-order valence-corrected chi connectivity index (χ2v) is 8.69. The first-order chi connectivity index (χ1) is 16.5. The van der Waals surface area contributed by atoms with Gasteiger partial charge in [-0.3, -0.25) is 14.1 Å². The molecule has 182 valence electrons. The number of carbonyl (C=O) groups excluding carboxylic acids is 2. The highest BCUT2D eigenvalue weighted by molar-refractivity contribution is 7.85. The smallest absolute Gasteiger partial charge is 0.328 e. The summed E-state index contributed by atoms with van der Waals surface area (Å²) in [7, 11) is -0.777. The SMILES string of the molecule is CN(C)c1ccc(/C=C(/NC(=O)c2cccc(F)c2)C(=O)N/N=C/c2ccc(S(=O)(=O)O)o2)cc1. The molecule has 3 N–H and O–H groups in total. The third kappa shape index (κ3) is 7.09. The lowest BCUT2D eigenvalue weighted by molar-refractivity contribution is -0.117. The summed E-state index contributed by atoms with van der Waals surface area (Å²) in [6.07, 6.45) is 2.41. The number of benzene rings is 2.